The van der Waals surface area contributed by atoms with Crippen molar-refractivity contribution in [3.8, 4) is 0 Å². The van der Waals surface area contributed by atoms with Crippen LogP contribution in [0.3, 0.4) is 0 Å². The minimum atomic E-state index is -0.476. The van der Waals surface area contributed by atoms with Crippen LogP contribution in [-0.4, -0.2) is 23.7 Å². The fourth-order valence-corrected chi connectivity index (χ4v) is 0.851. The number of amides is 1. The first-order valence-corrected chi connectivity index (χ1v) is 4.22. The molecule has 1 amide bonds. The van der Waals surface area contributed by atoms with Gasteiger partial charge in [-0.05, 0) is 12.5 Å². The molecule has 1 aromatic rings. The van der Waals surface area contributed by atoms with Gasteiger partial charge in [-0.15, -0.1) is 0 Å². The van der Waals surface area contributed by atoms with Crippen molar-refractivity contribution in [1.82, 2.24) is 5.32 Å². The SMILES string of the molecule is CCC(O)CNC(=O)c1ccoc1. The molecule has 0 saturated carbocycles. The Balaban J connectivity index is 2.35. The maximum atomic E-state index is 11.2. The summed E-state index contributed by atoms with van der Waals surface area (Å²) in [6.07, 6.45) is 2.96. The molecule has 0 aromatic carbocycles. The summed E-state index contributed by atoms with van der Waals surface area (Å²) < 4.78 is 4.75. The van der Waals surface area contributed by atoms with Crippen molar-refractivity contribution >= 4 is 5.91 Å². The second kappa shape index (κ2) is 4.67. The predicted molar refractivity (Wildman–Crippen MR) is 47.3 cm³/mol. The Morgan fingerprint density at radius 3 is 3.08 bits per heavy atom. The second-order valence-corrected chi connectivity index (χ2v) is 2.78. The van der Waals surface area contributed by atoms with Gasteiger partial charge in [-0.3, -0.25) is 4.79 Å². The van der Waals surface area contributed by atoms with Gasteiger partial charge in [0, 0.05) is 6.54 Å². The maximum absolute atomic E-state index is 11.2. The van der Waals surface area contributed by atoms with E-state index >= 15 is 0 Å². The van der Waals surface area contributed by atoms with Crippen molar-refractivity contribution in [2.24, 2.45) is 0 Å². The lowest BCUT2D eigenvalue weighted by Crippen LogP contribution is -2.31. The van der Waals surface area contributed by atoms with E-state index in [1.165, 1.54) is 12.5 Å². The molecule has 1 rings (SSSR count). The largest absolute Gasteiger partial charge is 0.472 e. The van der Waals surface area contributed by atoms with E-state index in [1.54, 1.807) is 6.07 Å². The van der Waals surface area contributed by atoms with Crippen molar-refractivity contribution in [2.45, 2.75) is 19.4 Å². The number of hydrogen-bond donors (Lipinski definition) is 2. The number of aliphatic hydroxyl groups excluding tert-OH is 1. The van der Waals surface area contributed by atoms with Crippen LogP contribution in [-0.2, 0) is 0 Å². The summed E-state index contributed by atoms with van der Waals surface area (Å²) in [5, 5.41) is 11.8. The molecule has 1 atom stereocenters. The molecule has 0 radical (unpaired) electrons. The zero-order valence-corrected chi connectivity index (χ0v) is 7.49. The zero-order chi connectivity index (χ0) is 9.68. The molecule has 1 heterocycles. The van der Waals surface area contributed by atoms with Crippen LogP contribution in [0.5, 0.6) is 0 Å². The average Bonchev–Trinajstić information content (AvgIpc) is 2.66. The molecule has 0 aliphatic carbocycles. The third-order valence-electron chi connectivity index (χ3n) is 1.75. The fraction of sp³-hybridized carbons (Fsp3) is 0.444. The van der Waals surface area contributed by atoms with E-state index in [-0.39, 0.29) is 12.5 Å². The normalized spacial score (nSPS) is 12.5. The van der Waals surface area contributed by atoms with E-state index in [9.17, 15) is 4.79 Å². The Morgan fingerprint density at radius 1 is 1.77 bits per heavy atom. The van der Waals surface area contributed by atoms with E-state index in [0.29, 0.717) is 12.0 Å². The molecule has 1 unspecified atom stereocenters. The first-order valence-electron chi connectivity index (χ1n) is 4.22. The van der Waals surface area contributed by atoms with Gasteiger partial charge in [0.1, 0.15) is 6.26 Å². The van der Waals surface area contributed by atoms with E-state index in [0.717, 1.165) is 0 Å². The summed E-state index contributed by atoms with van der Waals surface area (Å²) in [6, 6.07) is 1.58. The fourth-order valence-electron chi connectivity index (χ4n) is 0.851. The number of carbonyl (C=O) groups is 1. The molecule has 0 saturated heterocycles. The third kappa shape index (κ3) is 2.91. The summed E-state index contributed by atoms with van der Waals surface area (Å²) in [7, 11) is 0. The van der Waals surface area contributed by atoms with E-state index in [2.05, 4.69) is 5.32 Å². The highest BCUT2D eigenvalue weighted by molar-refractivity contribution is 5.93. The minimum Gasteiger partial charge on any atom is -0.472 e. The van der Waals surface area contributed by atoms with Crippen molar-refractivity contribution < 1.29 is 14.3 Å². The maximum Gasteiger partial charge on any atom is 0.254 e. The summed E-state index contributed by atoms with van der Waals surface area (Å²) in [4.78, 5) is 11.2. The van der Waals surface area contributed by atoms with Crippen molar-refractivity contribution in [3.05, 3.63) is 24.2 Å². The number of carbonyl (C=O) groups excluding carboxylic acids is 1. The topological polar surface area (TPSA) is 62.5 Å². The molecule has 0 fully saturated rings. The monoisotopic (exact) mass is 183 g/mol. The highest BCUT2D eigenvalue weighted by atomic mass is 16.3. The molecule has 0 bridgehead atoms. The van der Waals surface area contributed by atoms with Gasteiger partial charge >= 0.3 is 0 Å². The molecule has 2 N–H and O–H groups in total. The van der Waals surface area contributed by atoms with Crippen LogP contribution in [0.15, 0.2) is 23.0 Å². The molecule has 4 heteroatoms. The molecular formula is C9H13NO3. The molecule has 72 valence electrons. The van der Waals surface area contributed by atoms with Crippen LogP contribution < -0.4 is 5.32 Å². The first-order chi connectivity index (χ1) is 6.24. The van der Waals surface area contributed by atoms with Gasteiger partial charge < -0.3 is 14.8 Å². The lowest BCUT2D eigenvalue weighted by atomic mass is 10.2. The first kappa shape index (κ1) is 9.80. The quantitative estimate of drug-likeness (QED) is 0.725. The highest BCUT2D eigenvalue weighted by Crippen LogP contribution is 1.99. The van der Waals surface area contributed by atoms with Crippen LogP contribution in [0, 0.1) is 0 Å². The molecule has 4 nitrogen and oxygen atoms in total. The van der Waals surface area contributed by atoms with E-state index < -0.39 is 6.10 Å². The molecule has 0 aliphatic rings. The number of nitrogens with one attached hydrogen (secondary N) is 1. The van der Waals surface area contributed by atoms with Gasteiger partial charge in [0.05, 0.1) is 17.9 Å². The van der Waals surface area contributed by atoms with Gasteiger partial charge in [0.2, 0.25) is 0 Å². The van der Waals surface area contributed by atoms with Gasteiger partial charge in [-0.1, -0.05) is 6.92 Å². The Morgan fingerprint density at radius 2 is 2.54 bits per heavy atom. The summed E-state index contributed by atoms with van der Waals surface area (Å²) in [5.41, 5.74) is 0.475. The number of furan rings is 1. The Hall–Kier alpha value is -1.29. The summed E-state index contributed by atoms with van der Waals surface area (Å²) >= 11 is 0. The summed E-state index contributed by atoms with van der Waals surface area (Å²) in [6.45, 7) is 2.13. The zero-order valence-electron chi connectivity index (χ0n) is 7.49. The van der Waals surface area contributed by atoms with Crippen LogP contribution in [0.1, 0.15) is 23.7 Å². The van der Waals surface area contributed by atoms with Crippen LogP contribution in [0.2, 0.25) is 0 Å². The number of hydrogen-bond acceptors (Lipinski definition) is 3. The van der Waals surface area contributed by atoms with E-state index in [4.69, 9.17) is 9.52 Å². The number of rotatable bonds is 4. The minimum absolute atomic E-state index is 0.221. The standard InChI is InChI=1S/C9H13NO3/c1-2-8(11)5-10-9(12)7-3-4-13-6-7/h3-4,6,8,11H,2,5H2,1H3,(H,10,12). The predicted octanol–water partition coefficient (Wildman–Crippen LogP) is 0.780. The molecule has 0 spiro atoms. The lowest BCUT2D eigenvalue weighted by Gasteiger charge is -2.07. The molecule has 0 aliphatic heterocycles. The smallest absolute Gasteiger partial charge is 0.254 e. The van der Waals surface area contributed by atoms with Gasteiger partial charge in [0.25, 0.3) is 5.91 Å². The lowest BCUT2D eigenvalue weighted by molar-refractivity contribution is 0.0913. The Kier molecular flexibility index (Phi) is 3.52. The molecular weight excluding hydrogens is 170 g/mol. The number of aliphatic hydroxyl groups is 1. The van der Waals surface area contributed by atoms with Crippen molar-refractivity contribution in [3.63, 3.8) is 0 Å². The van der Waals surface area contributed by atoms with Gasteiger partial charge in [0.15, 0.2) is 0 Å². The van der Waals surface area contributed by atoms with Gasteiger partial charge in [-0.2, -0.15) is 0 Å². The molecule has 1 aromatic heterocycles. The summed E-state index contributed by atoms with van der Waals surface area (Å²) in [5.74, 6) is -0.221. The van der Waals surface area contributed by atoms with Crippen molar-refractivity contribution in [1.29, 1.82) is 0 Å². The Bertz CT molecular complexity index is 256. The Labute approximate surface area is 76.6 Å². The van der Waals surface area contributed by atoms with Crippen LogP contribution in [0.25, 0.3) is 0 Å². The van der Waals surface area contributed by atoms with Crippen molar-refractivity contribution in [2.75, 3.05) is 6.54 Å². The third-order valence-corrected chi connectivity index (χ3v) is 1.75. The van der Waals surface area contributed by atoms with E-state index in [1.807, 2.05) is 6.92 Å². The molecule has 13 heavy (non-hydrogen) atoms. The second-order valence-electron chi connectivity index (χ2n) is 2.78. The van der Waals surface area contributed by atoms with Crippen LogP contribution in [0.4, 0.5) is 0 Å². The van der Waals surface area contributed by atoms with Gasteiger partial charge in [-0.25, -0.2) is 0 Å². The average molecular weight is 183 g/mol. The highest BCUT2D eigenvalue weighted by Gasteiger charge is 2.07. The van der Waals surface area contributed by atoms with Crippen LogP contribution >= 0.6 is 0 Å².